The lowest BCUT2D eigenvalue weighted by Gasteiger charge is -2.38. The van der Waals surface area contributed by atoms with Gasteiger partial charge in [-0.25, -0.2) is 9.78 Å². The molecule has 1 amide bonds. The van der Waals surface area contributed by atoms with Gasteiger partial charge in [-0.05, 0) is 24.8 Å². The van der Waals surface area contributed by atoms with Crippen molar-refractivity contribution in [3.8, 4) is 0 Å². The van der Waals surface area contributed by atoms with Crippen molar-refractivity contribution in [2.24, 2.45) is 11.7 Å². The molecule has 1 aromatic rings. The number of pyridine rings is 1. The van der Waals surface area contributed by atoms with Crippen LogP contribution in [0.5, 0.6) is 0 Å². The Labute approximate surface area is 150 Å². The first-order chi connectivity index (χ1) is 12.0. The number of aromatic nitrogens is 1. The van der Waals surface area contributed by atoms with Crippen LogP contribution < -0.4 is 10.6 Å². The number of hydrogen-bond acceptors (Lipinski definition) is 5. The Morgan fingerprint density at radius 2 is 1.88 bits per heavy atom. The van der Waals surface area contributed by atoms with E-state index in [1.54, 1.807) is 0 Å². The van der Waals surface area contributed by atoms with Crippen LogP contribution in [0, 0.1) is 5.92 Å². The molecule has 0 spiro atoms. The van der Waals surface area contributed by atoms with Gasteiger partial charge in [0.05, 0.1) is 0 Å². The first-order valence-corrected chi connectivity index (χ1v) is 9.45. The van der Waals surface area contributed by atoms with Crippen molar-refractivity contribution in [2.45, 2.75) is 51.7 Å². The number of amides is 1. The molecule has 0 radical (unpaired) electrons. The lowest BCUT2D eigenvalue weighted by Crippen LogP contribution is -2.50. The number of piperazine rings is 1. The number of carbonyl (C=O) groups excluding carboxylic acids is 1. The lowest BCUT2D eigenvalue weighted by molar-refractivity contribution is 0.0782. The number of nitrogens with zero attached hydrogens (tertiary/aromatic N) is 3. The van der Waals surface area contributed by atoms with Gasteiger partial charge in [-0.3, -0.25) is 4.90 Å². The summed E-state index contributed by atoms with van der Waals surface area (Å²) in [6.07, 6.45) is 6.22. The highest BCUT2D eigenvalue weighted by Crippen LogP contribution is 2.28. The van der Waals surface area contributed by atoms with Crippen molar-refractivity contribution < 1.29 is 9.53 Å². The van der Waals surface area contributed by atoms with Gasteiger partial charge in [-0.2, -0.15) is 0 Å². The van der Waals surface area contributed by atoms with Crippen LogP contribution in [-0.4, -0.2) is 48.2 Å². The molecule has 2 heterocycles. The molecule has 25 heavy (non-hydrogen) atoms. The molecule has 1 aromatic heterocycles. The number of nitrogens with two attached hydrogens (primary N) is 1. The number of ether oxygens (including phenoxy) is 1. The summed E-state index contributed by atoms with van der Waals surface area (Å²) in [5, 5.41) is 0. The molecule has 6 heteroatoms. The molecule has 2 aliphatic rings. The van der Waals surface area contributed by atoms with Crippen LogP contribution in [0.3, 0.4) is 0 Å². The average molecular weight is 346 g/mol. The van der Waals surface area contributed by atoms with Gasteiger partial charge in [0.1, 0.15) is 11.9 Å². The lowest BCUT2D eigenvalue weighted by atomic mass is 10.0. The SMILES string of the molecule is CC(C)C(OC(N)=O)c1ccc(N2CCN(C3CCCC3)CC2)nc1. The van der Waals surface area contributed by atoms with E-state index < -0.39 is 6.09 Å². The summed E-state index contributed by atoms with van der Waals surface area (Å²) in [6.45, 7) is 8.29. The van der Waals surface area contributed by atoms with Gasteiger partial charge in [-0.15, -0.1) is 0 Å². The van der Waals surface area contributed by atoms with Crippen LogP contribution in [0.2, 0.25) is 0 Å². The summed E-state index contributed by atoms with van der Waals surface area (Å²) in [7, 11) is 0. The van der Waals surface area contributed by atoms with E-state index in [-0.39, 0.29) is 12.0 Å². The minimum atomic E-state index is -0.745. The normalized spacial score (nSPS) is 20.8. The third-order valence-electron chi connectivity index (χ3n) is 5.43. The fraction of sp³-hybridized carbons (Fsp3) is 0.684. The Morgan fingerprint density at radius 3 is 2.40 bits per heavy atom. The van der Waals surface area contributed by atoms with Gasteiger partial charge in [0.25, 0.3) is 0 Å². The van der Waals surface area contributed by atoms with Crippen molar-refractivity contribution in [3.63, 3.8) is 0 Å². The van der Waals surface area contributed by atoms with Crippen LogP contribution >= 0.6 is 0 Å². The molecule has 0 aromatic carbocycles. The fourth-order valence-electron chi connectivity index (χ4n) is 4.05. The topological polar surface area (TPSA) is 71.7 Å². The number of primary amides is 1. The number of carbonyl (C=O) groups is 1. The minimum Gasteiger partial charge on any atom is -0.441 e. The van der Waals surface area contributed by atoms with Crippen molar-refractivity contribution in [2.75, 3.05) is 31.1 Å². The van der Waals surface area contributed by atoms with Crippen molar-refractivity contribution in [3.05, 3.63) is 23.9 Å². The Morgan fingerprint density at radius 1 is 1.20 bits per heavy atom. The van der Waals surface area contributed by atoms with Gasteiger partial charge >= 0.3 is 6.09 Å². The Bertz CT molecular complexity index is 561. The van der Waals surface area contributed by atoms with E-state index in [0.29, 0.717) is 0 Å². The van der Waals surface area contributed by atoms with E-state index in [2.05, 4.69) is 14.8 Å². The summed E-state index contributed by atoms with van der Waals surface area (Å²) in [4.78, 5) is 20.7. The molecule has 1 aliphatic carbocycles. The predicted octanol–water partition coefficient (Wildman–Crippen LogP) is 2.94. The number of hydrogen-bond donors (Lipinski definition) is 1. The van der Waals surface area contributed by atoms with Crippen LogP contribution in [0.4, 0.5) is 10.6 Å². The van der Waals surface area contributed by atoms with Crippen LogP contribution in [0.25, 0.3) is 0 Å². The van der Waals surface area contributed by atoms with Gasteiger partial charge in [0.2, 0.25) is 0 Å². The first-order valence-electron chi connectivity index (χ1n) is 9.45. The molecule has 1 saturated carbocycles. The minimum absolute atomic E-state index is 0.148. The molecule has 1 aliphatic heterocycles. The maximum Gasteiger partial charge on any atom is 0.405 e. The third-order valence-corrected chi connectivity index (χ3v) is 5.43. The zero-order valence-corrected chi connectivity index (χ0v) is 15.4. The average Bonchev–Trinajstić information content (AvgIpc) is 3.14. The quantitative estimate of drug-likeness (QED) is 0.887. The Hall–Kier alpha value is -1.82. The molecule has 6 nitrogen and oxygen atoms in total. The molecule has 0 bridgehead atoms. The second-order valence-electron chi connectivity index (χ2n) is 7.51. The van der Waals surface area contributed by atoms with E-state index in [4.69, 9.17) is 10.5 Å². The van der Waals surface area contributed by atoms with Crippen LogP contribution in [0.1, 0.15) is 51.2 Å². The summed E-state index contributed by atoms with van der Waals surface area (Å²) < 4.78 is 5.23. The second kappa shape index (κ2) is 8.04. The summed E-state index contributed by atoms with van der Waals surface area (Å²) in [6, 6.07) is 4.83. The summed E-state index contributed by atoms with van der Waals surface area (Å²) >= 11 is 0. The van der Waals surface area contributed by atoms with E-state index in [1.165, 1.54) is 25.7 Å². The maximum atomic E-state index is 11.1. The standard InChI is InChI=1S/C19H30N4O2/c1-14(2)18(25-19(20)24)15-7-8-17(21-13-15)23-11-9-22(10-12-23)16-5-3-4-6-16/h7-8,13-14,16,18H,3-6,9-12H2,1-2H3,(H2,20,24). The van der Waals surface area contributed by atoms with E-state index in [1.807, 2.05) is 32.2 Å². The highest BCUT2D eigenvalue weighted by Gasteiger charge is 2.27. The molecular weight excluding hydrogens is 316 g/mol. The number of anilines is 1. The highest BCUT2D eigenvalue weighted by atomic mass is 16.6. The van der Waals surface area contributed by atoms with Gasteiger partial charge in [0, 0.05) is 44.0 Å². The van der Waals surface area contributed by atoms with Gasteiger partial charge < -0.3 is 15.4 Å². The summed E-state index contributed by atoms with van der Waals surface area (Å²) in [5.41, 5.74) is 6.08. The smallest absolute Gasteiger partial charge is 0.405 e. The molecule has 1 saturated heterocycles. The van der Waals surface area contributed by atoms with Crippen molar-refractivity contribution in [1.82, 2.24) is 9.88 Å². The zero-order valence-electron chi connectivity index (χ0n) is 15.4. The van der Waals surface area contributed by atoms with Gasteiger partial charge in [0.15, 0.2) is 0 Å². The van der Waals surface area contributed by atoms with Crippen molar-refractivity contribution >= 4 is 11.9 Å². The van der Waals surface area contributed by atoms with Crippen LogP contribution in [0.15, 0.2) is 18.3 Å². The third kappa shape index (κ3) is 4.42. The van der Waals surface area contributed by atoms with Crippen molar-refractivity contribution in [1.29, 1.82) is 0 Å². The molecule has 138 valence electrons. The zero-order chi connectivity index (χ0) is 17.8. The maximum absolute atomic E-state index is 11.1. The van der Waals surface area contributed by atoms with E-state index in [9.17, 15) is 4.79 Å². The molecule has 2 N–H and O–H groups in total. The van der Waals surface area contributed by atoms with E-state index in [0.717, 1.165) is 43.6 Å². The summed E-state index contributed by atoms with van der Waals surface area (Å²) in [5.74, 6) is 1.14. The molecule has 3 rings (SSSR count). The second-order valence-corrected chi connectivity index (χ2v) is 7.51. The first kappa shape index (κ1) is 18.0. The Kier molecular flexibility index (Phi) is 5.78. The Balaban J connectivity index is 1.59. The molecule has 1 atom stereocenters. The van der Waals surface area contributed by atoms with E-state index >= 15 is 0 Å². The van der Waals surface area contributed by atoms with Crippen LogP contribution in [-0.2, 0) is 4.74 Å². The van der Waals surface area contributed by atoms with Gasteiger partial charge in [-0.1, -0.05) is 32.8 Å². The largest absolute Gasteiger partial charge is 0.441 e. The number of rotatable bonds is 5. The fourth-order valence-corrected chi connectivity index (χ4v) is 4.05. The molecule has 2 fully saturated rings. The monoisotopic (exact) mass is 346 g/mol. The molecule has 1 unspecified atom stereocenters. The highest BCUT2D eigenvalue weighted by molar-refractivity contribution is 5.65. The molecular formula is C19H30N4O2. The predicted molar refractivity (Wildman–Crippen MR) is 98.5 cm³/mol.